The summed E-state index contributed by atoms with van der Waals surface area (Å²) in [7, 11) is 0. The van der Waals surface area contributed by atoms with Gasteiger partial charge in [0.15, 0.2) is 0 Å². The average Bonchev–Trinajstić information content (AvgIpc) is 2.98. The largest absolute Gasteiger partial charge is 0.393 e. The molecule has 4 rings (SSSR count). The molecule has 1 spiro atoms. The Morgan fingerprint density at radius 3 is 2.66 bits per heavy atom. The fraction of sp³-hybridized carbons (Fsp3) is 0.636. The summed E-state index contributed by atoms with van der Waals surface area (Å²) in [6.07, 6.45) is 5.55. The number of anilines is 2. The van der Waals surface area contributed by atoms with E-state index in [4.69, 9.17) is 0 Å². The lowest BCUT2D eigenvalue weighted by atomic mass is 9.78. The van der Waals surface area contributed by atoms with Crippen LogP contribution in [0.15, 0.2) is 18.2 Å². The molecule has 1 unspecified atom stereocenters. The molecule has 2 aliphatic heterocycles. The van der Waals surface area contributed by atoms with Crippen molar-refractivity contribution in [3.63, 3.8) is 0 Å². The first-order valence-electron chi connectivity index (χ1n) is 10.7. The Morgan fingerprint density at radius 1 is 1.21 bits per heavy atom. The highest BCUT2D eigenvalue weighted by Crippen LogP contribution is 2.43. The number of likely N-dealkylation sites (tertiary alicyclic amines) is 1. The maximum Gasteiger partial charge on any atom is 0.230 e. The van der Waals surface area contributed by atoms with Gasteiger partial charge in [0, 0.05) is 38.3 Å². The summed E-state index contributed by atoms with van der Waals surface area (Å²) in [5.74, 6) is -0.406. The van der Waals surface area contributed by atoms with Gasteiger partial charge in [0.1, 0.15) is 5.82 Å². The van der Waals surface area contributed by atoms with E-state index in [0.717, 1.165) is 58.0 Å². The summed E-state index contributed by atoms with van der Waals surface area (Å²) in [4.78, 5) is 28.6. The molecule has 158 valence electrons. The van der Waals surface area contributed by atoms with Crippen molar-refractivity contribution < 1.29 is 19.1 Å². The van der Waals surface area contributed by atoms with Gasteiger partial charge in [0.2, 0.25) is 11.8 Å². The molecule has 2 amide bonds. The van der Waals surface area contributed by atoms with E-state index in [1.807, 2.05) is 9.80 Å². The van der Waals surface area contributed by atoms with Gasteiger partial charge in [-0.1, -0.05) is 0 Å². The first kappa shape index (κ1) is 20.1. The molecule has 29 heavy (non-hydrogen) atoms. The summed E-state index contributed by atoms with van der Waals surface area (Å²) in [5.41, 5.74) is 0.496. The van der Waals surface area contributed by atoms with E-state index in [0.29, 0.717) is 17.9 Å². The summed E-state index contributed by atoms with van der Waals surface area (Å²) >= 11 is 0. The minimum atomic E-state index is -0.433. The van der Waals surface area contributed by atoms with Gasteiger partial charge < -0.3 is 20.2 Å². The molecule has 2 N–H and O–H groups in total. The molecule has 6 nitrogen and oxygen atoms in total. The third-order valence-corrected chi connectivity index (χ3v) is 6.84. The van der Waals surface area contributed by atoms with Crippen LogP contribution in [0.2, 0.25) is 0 Å². The van der Waals surface area contributed by atoms with Crippen molar-refractivity contribution >= 4 is 23.2 Å². The number of piperidine rings is 1. The SMILES string of the molecule is CC(=O)Nc1ccc(N2CCCC3(CCN(C4CCC(O)CC4)C3=O)C2)c(F)c1. The third-order valence-electron chi connectivity index (χ3n) is 6.84. The van der Waals surface area contributed by atoms with Crippen LogP contribution in [0, 0.1) is 11.2 Å². The number of hydrogen-bond donors (Lipinski definition) is 2. The molecule has 3 aliphatic rings. The second-order valence-corrected chi connectivity index (χ2v) is 8.86. The van der Waals surface area contributed by atoms with Crippen LogP contribution in [0.3, 0.4) is 0 Å². The predicted molar refractivity (Wildman–Crippen MR) is 109 cm³/mol. The number of benzene rings is 1. The zero-order chi connectivity index (χ0) is 20.6. The minimum absolute atomic E-state index is 0.207. The number of hydrogen-bond acceptors (Lipinski definition) is 4. The molecule has 2 saturated heterocycles. The Kier molecular flexibility index (Phi) is 5.51. The van der Waals surface area contributed by atoms with Crippen LogP contribution in [-0.2, 0) is 9.59 Å². The lowest BCUT2D eigenvalue weighted by Crippen LogP contribution is -2.50. The fourth-order valence-electron chi connectivity index (χ4n) is 5.33. The predicted octanol–water partition coefficient (Wildman–Crippen LogP) is 2.91. The van der Waals surface area contributed by atoms with Crippen LogP contribution in [0.25, 0.3) is 0 Å². The highest BCUT2D eigenvalue weighted by molar-refractivity contribution is 5.89. The van der Waals surface area contributed by atoms with Crippen LogP contribution >= 0.6 is 0 Å². The maximum absolute atomic E-state index is 14.7. The van der Waals surface area contributed by atoms with Gasteiger partial charge in [-0.3, -0.25) is 9.59 Å². The van der Waals surface area contributed by atoms with E-state index in [2.05, 4.69) is 5.32 Å². The minimum Gasteiger partial charge on any atom is -0.393 e. The van der Waals surface area contributed by atoms with Crippen molar-refractivity contribution in [3.05, 3.63) is 24.0 Å². The Labute approximate surface area is 171 Å². The summed E-state index contributed by atoms with van der Waals surface area (Å²) in [6.45, 7) is 3.41. The molecule has 1 aromatic carbocycles. The second-order valence-electron chi connectivity index (χ2n) is 8.86. The van der Waals surface area contributed by atoms with Crippen LogP contribution < -0.4 is 10.2 Å². The molecule has 0 radical (unpaired) electrons. The highest BCUT2D eigenvalue weighted by Gasteiger charge is 2.50. The standard InChI is InChI=1S/C22H30FN3O3/c1-15(27)24-16-3-8-20(19(23)13-16)25-11-2-9-22(14-25)10-12-26(21(22)29)17-4-6-18(28)7-5-17/h3,8,13,17-18,28H,2,4-7,9-12,14H2,1H3,(H,24,27). The van der Waals surface area contributed by atoms with Crippen LogP contribution in [0.5, 0.6) is 0 Å². The van der Waals surface area contributed by atoms with E-state index in [-0.39, 0.29) is 29.8 Å². The smallest absolute Gasteiger partial charge is 0.230 e. The number of aliphatic hydroxyl groups excluding tert-OH is 1. The lowest BCUT2D eigenvalue weighted by Gasteiger charge is -2.41. The zero-order valence-electron chi connectivity index (χ0n) is 17.0. The Morgan fingerprint density at radius 2 is 1.97 bits per heavy atom. The van der Waals surface area contributed by atoms with Crippen molar-refractivity contribution in [1.82, 2.24) is 4.90 Å². The van der Waals surface area contributed by atoms with Crippen molar-refractivity contribution in [2.45, 2.75) is 64.0 Å². The van der Waals surface area contributed by atoms with Gasteiger partial charge in [-0.25, -0.2) is 4.39 Å². The summed E-state index contributed by atoms with van der Waals surface area (Å²) in [5, 5.41) is 12.4. The number of halogens is 1. The summed E-state index contributed by atoms with van der Waals surface area (Å²) < 4.78 is 14.7. The number of rotatable bonds is 3. The number of aliphatic hydroxyl groups is 1. The normalized spacial score (nSPS) is 30.1. The number of carbonyl (C=O) groups is 2. The zero-order valence-corrected chi connectivity index (χ0v) is 17.0. The fourth-order valence-corrected chi connectivity index (χ4v) is 5.33. The quantitative estimate of drug-likeness (QED) is 0.814. The van der Waals surface area contributed by atoms with Gasteiger partial charge in [-0.05, 0) is 63.1 Å². The van der Waals surface area contributed by atoms with E-state index in [1.54, 1.807) is 12.1 Å². The molecule has 1 aromatic rings. The van der Waals surface area contributed by atoms with Crippen LogP contribution in [0.4, 0.5) is 15.8 Å². The molecule has 1 saturated carbocycles. The van der Waals surface area contributed by atoms with Crippen molar-refractivity contribution in [3.8, 4) is 0 Å². The van der Waals surface area contributed by atoms with E-state index >= 15 is 0 Å². The molecule has 7 heteroatoms. The van der Waals surface area contributed by atoms with Gasteiger partial charge in [-0.2, -0.15) is 0 Å². The first-order valence-corrected chi connectivity index (χ1v) is 10.7. The Balaban J connectivity index is 1.48. The molecular weight excluding hydrogens is 373 g/mol. The maximum atomic E-state index is 14.7. The number of nitrogens with zero attached hydrogens (tertiary/aromatic N) is 2. The number of amides is 2. The molecule has 1 atom stereocenters. The van der Waals surface area contributed by atoms with E-state index in [9.17, 15) is 19.1 Å². The first-order chi connectivity index (χ1) is 13.9. The van der Waals surface area contributed by atoms with E-state index < -0.39 is 5.41 Å². The van der Waals surface area contributed by atoms with Crippen molar-refractivity contribution in [1.29, 1.82) is 0 Å². The lowest BCUT2D eigenvalue weighted by molar-refractivity contribution is -0.139. The molecule has 2 heterocycles. The van der Waals surface area contributed by atoms with Crippen LogP contribution in [-0.4, -0.2) is 53.6 Å². The Hall–Kier alpha value is -2.15. The molecule has 0 bridgehead atoms. The molecule has 0 aromatic heterocycles. The second kappa shape index (κ2) is 7.94. The van der Waals surface area contributed by atoms with Gasteiger partial charge in [0.25, 0.3) is 0 Å². The summed E-state index contributed by atoms with van der Waals surface area (Å²) in [6, 6.07) is 4.97. The average molecular weight is 403 g/mol. The topological polar surface area (TPSA) is 72.9 Å². The van der Waals surface area contributed by atoms with Crippen LogP contribution in [0.1, 0.15) is 51.9 Å². The third kappa shape index (κ3) is 3.97. The molecule has 3 fully saturated rings. The van der Waals surface area contributed by atoms with Crippen molar-refractivity contribution in [2.24, 2.45) is 5.41 Å². The Bertz CT molecular complexity index is 794. The van der Waals surface area contributed by atoms with Gasteiger partial charge >= 0.3 is 0 Å². The van der Waals surface area contributed by atoms with Gasteiger partial charge in [0.05, 0.1) is 17.2 Å². The highest BCUT2D eigenvalue weighted by atomic mass is 19.1. The number of nitrogens with one attached hydrogen (secondary N) is 1. The van der Waals surface area contributed by atoms with Crippen molar-refractivity contribution in [2.75, 3.05) is 29.9 Å². The monoisotopic (exact) mass is 403 g/mol. The molecular formula is C22H30FN3O3. The molecule has 1 aliphatic carbocycles. The number of carbonyl (C=O) groups excluding carboxylic acids is 2. The van der Waals surface area contributed by atoms with E-state index in [1.165, 1.54) is 13.0 Å². The van der Waals surface area contributed by atoms with Gasteiger partial charge in [-0.15, -0.1) is 0 Å².